The minimum absolute atomic E-state index is 0.0549. The van der Waals surface area contributed by atoms with Gasteiger partial charge < -0.3 is 14.6 Å². The molecule has 1 N–H and O–H groups in total. The summed E-state index contributed by atoms with van der Waals surface area (Å²) in [7, 11) is 0. The second-order valence-corrected chi connectivity index (χ2v) is 4.86. The molecule has 0 heterocycles. The molecule has 0 aliphatic heterocycles. The molecular formula is C16H18O3. The number of ether oxygens (including phenoxy) is 2. The molecule has 0 saturated heterocycles. The second-order valence-electron chi connectivity index (χ2n) is 4.86. The average molecular weight is 258 g/mol. The SMILES string of the molecule is CCOC1C(O)CC1Oc1cccc2ccccc12. The molecule has 2 aromatic carbocycles. The van der Waals surface area contributed by atoms with Crippen LogP contribution in [0, 0.1) is 0 Å². The van der Waals surface area contributed by atoms with Crippen molar-refractivity contribution in [2.24, 2.45) is 0 Å². The van der Waals surface area contributed by atoms with Gasteiger partial charge in [0, 0.05) is 18.4 Å². The van der Waals surface area contributed by atoms with Gasteiger partial charge in [-0.1, -0.05) is 36.4 Å². The lowest BCUT2D eigenvalue weighted by molar-refractivity contribution is -0.160. The Labute approximate surface area is 112 Å². The summed E-state index contributed by atoms with van der Waals surface area (Å²) < 4.78 is 11.5. The Bertz CT molecular complexity index is 561. The van der Waals surface area contributed by atoms with Gasteiger partial charge in [0.15, 0.2) is 0 Å². The Hall–Kier alpha value is -1.58. The smallest absolute Gasteiger partial charge is 0.130 e. The van der Waals surface area contributed by atoms with E-state index in [1.807, 2.05) is 31.2 Å². The molecule has 3 heteroatoms. The van der Waals surface area contributed by atoms with Crippen molar-refractivity contribution in [3.8, 4) is 5.75 Å². The topological polar surface area (TPSA) is 38.7 Å². The Kier molecular flexibility index (Phi) is 3.40. The summed E-state index contributed by atoms with van der Waals surface area (Å²) in [4.78, 5) is 0. The highest BCUT2D eigenvalue weighted by atomic mass is 16.6. The summed E-state index contributed by atoms with van der Waals surface area (Å²) in [5.41, 5.74) is 0. The number of rotatable bonds is 4. The predicted molar refractivity (Wildman–Crippen MR) is 74.4 cm³/mol. The Morgan fingerprint density at radius 3 is 2.74 bits per heavy atom. The molecule has 100 valence electrons. The molecule has 0 spiro atoms. The minimum Gasteiger partial charge on any atom is -0.487 e. The lowest BCUT2D eigenvalue weighted by Gasteiger charge is -2.40. The lowest BCUT2D eigenvalue weighted by Crippen LogP contribution is -2.55. The molecule has 3 unspecified atom stereocenters. The maximum atomic E-state index is 9.70. The molecule has 0 aromatic heterocycles. The standard InChI is InChI=1S/C16H18O3/c1-2-18-16-13(17)10-15(16)19-14-9-5-7-11-6-3-4-8-12(11)14/h3-9,13,15-17H,2,10H2,1H3. The zero-order valence-corrected chi connectivity index (χ0v) is 11.0. The van der Waals surface area contributed by atoms with Crippen molar-refractivity contribution in [1.82, 2.24) is 0 Å². The van der Waals surface area contributed by atoms with Crippen molar-refractivity contribution in [3.63, 3.8) is 0 Å². The van der Waals surface area contributed by atoms with Gasteiger partial charge in [-0.2, -0.15) is 0 Å². The van der Waals surface area contributed by atoms with Gasteiger partial charge in [-0.25, -0.2) is 0 Å². The van der Waals surface area contributed by atoms with E-state index in [0.29, 0.717) is 13.0 Å². The summed E-state index contributed by atoms with van der Waals surface area (Å²) in [6.07, 6.45) is -0.0295. The average Bonchev–Trinajstić information content (AvgIpc) is 2.45. The summed E-state index contributed by atoms with van der Waals surface area (Å²) in [5.74, 6) is 0.861. The molecular weight excluding hydrogens is 240 g/mol. The summed E-state index contributed by atoms with van der Waals surface area (Å²) in [5, 5.41) is 12.0. The van der Waals surface area contributed by atoms with E-state index in [1.165, 1.54) is 0 Å². The van der Waals surface area contributed by atoms with E-state index in [-0.39, 0.29) is 12.2 Å². The zero-order valence-electron chi connectivity index (χ0n) is 11.0. The van der Waals surface area contributed by atoms with Gasteiger partial charge in [-0.3, -0.25) is 0 Å². The molecule has 3 nitrogen and oxygen atoms in total. The first kappa shape index (κ1) is 12.5. The normalized spacial score (nSPS) is 26.1. The van der Waals surface area contributed by atoms with Gasteiger partial charge in [0.2, 0.25) is 0 Å². The van der Waals surface area contributed by atoms with Gasteiger partial charge in [0.05, 0.1) is 6.10 Å². The van der Waals surface area contributed by atoms with Crippen molar-refractivity contribution in [2.45, 2.75) is 31.7 Å². The molecule has 0 amide bonds. The van der Waals surface area contributed by atoms with Gasteiger partial charge >= 0.3 is 0 Å². The van der Waals surface area contributed by atoms with Crippen LogP contribution in [0.3, 0.4) is 0 Å². The molecule has 3 rings (SSSR count). The van der Waals surface area contributed by atoms with E-state index < -0.39 is 6.10 Å². The largest absolute Gasteiger partial charge is 0.487 e. The molecule has 1 aliphatic carbocycles. The third-order valence-electron chi connectivity index (χ3n) is 3.61. The van der Waals surface area contributed by atoms with Crippen LogP contribution in [0.25, 0.3) is 10.8 Å². The summed E-state index contributed by atoms with van der Waals surface area (Å²) >= 11 is 0. The number of aliphatic hydroxyl groups is 1. The zero-order chi connectivity index (χ0) is 13.2. The van der Waals surface area contributed by atoms with Crippen LogP contribution < -0.4 is 4.74 Å². The van der Waals surface area contributed by atoms with Crippen molar-refractivity contribution >= 4 is 10.8 Å². The van der Waals surface area contributed by atoms with Crippen molar-refractivity contribution in [1.29, 1.82) is 0 Å². The fourth-order valence-electron chi connectivity index (χ4n) is 2.55. The molecule has 19 heavy (non-hydrogen) atoms. The Morgan fingerprint density at radius 2 is 1.95 bits per heavy atom. The highest BCUT2D eigenvalue weighted by molar-refractivity contribution is 5.88. The van der Waals surface area contributed by atoms with Crippen LogP contribution in [0.2, 0.25) is 0 Å². The van der Waals surface area contributed by atoms with Crippen molar-refractivity contribution in [3.05, 3.63) is 42.5 Å². The van der Waals surface area contributed by atoms with Crippen molar-refractivity contribution in [2.75, 3.05) is 6.61 Å². The predicted octanol–water partition coefficient (Wildman–Crippen LogP) is 2.76. The third kappa shape index (κ3) is 2.31. The second kappa shape index (κ2) is 5.19. The molecule has 1 fully saturated rings. The van der Waals surface area contributed by atoms with Crippen molar-refractivity contribution < 1.29 is 14.6 Å². The molecule has 1 saturated carbocycles. The van der Waals surface area contributed by atoms with E-state index in [0.717, 1.165) is 16.5 Å². The lowest BCUT2D eigenvalue weighted by atomic mass is 9.88. The number of fused-ring (bicyclic) bond motifs is 1. The maximum absolute atomic E-state index is 9.70. The molecule has 0 radical (unpaired) electrons. The quantitative estimate of drug-likeness (QED) is 0.916. The Balaban J connectivity index is 1.82. The highest BCUT2D eigenvalue weighted by Crippen LogP contribution is 2.32. The number of hydrogen-bond donors (Lipinski definition) is 1. The fraction of sp³-hybridized carbons (Fsp3) is 0.375. The summed E-state index contributed by atoms with van der Waals surface area (Å²) in [6, 6.07) is 14.2. The third-order valence-corrected chi connectivity index (χ3v) is 3.61. The van der Waals surface area contributed by atoms with E-state index in [1.54, 1.807) is 0 Å². The highest BCUT2D eigenvalue weighted by Gasteiger charge is 2.42. The number of aliphatic hydroxyl groups excluding tert-OH is 1. The van der Waals surface area contributed by atoms with E-state index in [2.05, 4.69) is 18.2 Å². The summed E-state index contributed by atoms with van der Waals surface area (Å²) in [6.45, 7) is 2.52. The van der Waals surface area contributed by atoms with Crippen LogP contribution in [0.5, 0.6) is 5.75 Å². The van der Waals surface area contributed by atoms with Gasteiger partial charge in [-0.05, 0) is 18.4 Å². The van der Waals surface area contributed by atoms with Crippen LogP contribution in [0.1, 0.15) is 13.3 Å². The molecule has 1 aliphatic rings. The monoisotopic (exact) mass is 258 g/mol. The van der Waals surface area contributed by atoms with Crippen LogP contribution in [-0.4, -0.2) is 30.0 Å². The molecule has 2 aromatic rings. The first-order valence-electron chi connectivity index (χ1n) is 6.73. The van der Waals surface area contributed by atoms with Gasteiger partial charge in [0.1, 0.15) is 18.0 Å². The van der Waals surface area contributed by atoms with E-state index >= 15 is 0 Å². The Morgan fingerprint density at radius 1 is 1.16 bits per heavy atom. The number of benzene rings is 2. The minimum atomic E-state index is -0.403. The first-order chi connectivity index (χ1) is 9.29. The number of hydrogen-bond acceptors (Lipinski definition) is 3. The van der Waals surface area contributed by atoms with E-state index in [4.69, 9.17) is 9.47 Å². The molecule has 0 bridgehead atoms. The fourth-order valence-corrected chi connectivity index (χ4v) is 2.55. The first-order valence-corrected chi connectivity index (χ1v) is 6.73. The van der Waals surface area contributed by atoms with Crippen LogP contribution in [0.15, 0.2) is 42.5 Å². The van der Waals surface area contributed by atoms with Gasteiger partial charge in [-0.15, -0.1) is 0 Å². The van der Waals surface area contributed by atoms with Gasteiger partial charge in [0.25, 0.3) is 0 Å². The van der Waals surface area contributed by atoms with Crippen LogP contribution in [0.4, 0.5) is 0 Å². The van der Waals surface area contributed by atoms with Crippen LogP contribution >= 0.6 is 0 Å². The maximum Gasteiger partial charge on any atom is 0.130 e. The molecule has 3 atom stereocenters. The van der Waals surface area contributed by atoms with Crippen LogP contribution in [-0.2, 0) is 4.74 Å². The van der Waals surface area contributed by atoms with E-state index in [9.17, 15) is 5.11 Å².